The Balaban J connectivity index is 1.91. The second-order valence-electron chi connectivity index (χ2n) is 6.03. The summed E-state index contributed by atoms with van der Waals surface area (Å²) in [7, 11) is 0. The van der Waals surface area contributed by atoms with Gasteiger partial charge >= 0.3 is 0 Å². The van der Waals surface area contributed by atoms with Gasteiger partial charge in [0.15, 0.2) is 11.7 Å². The number of hydrogen-bond acceptors (Lipinski definition) is 5. The molecule has 1 amide bonds. The Labute approximate surface area is 146 Å². The van der Waals surface area contributed by atoms with Gasteiger partial charge in [0.25, 0.3) is 0 Å². The fraction of sp³-hybridized carbons (Fsp3) is 0.368. The molecule has 2 aromatic rings. The van der Waals surface area contributed by atoms with E-state index in [0.717, 1.165) is 22.4 Å². The zero-order chi connectivity index (χ0) is 18.4. The molecule has 1 N–H and O–H groups in total. The lowest BCUT2D eigenvalue weighted by Crippen LogP contribution is -2.34. The Hall–Kier alpha value is -2.94. The van der Waals surface area contributed by atoms with Crippen molar-refractivity contribution < 1.29 is 14.1 Å². The molecule has 25 heavy (non-hydrogen) atoms. The Morgan fingerprint density at radius 2 is 1.92 bits per heavy atom. The number of nitrogens with one attached hydrogen (secondary N) is 1. The topological polar surface area (TPSA) is 96.0 Å². The third kappa shape index (κ3) is 4.77. The van der Waals surface area contributed by atoms with E-state index in [4.69, 9.17) is 4.52 Å². The van der Waals surface area contributed by atoms with E-state index in [0.29, 0.717) is 12.2 Å². The molecule has 1 atom stereocenters. The minimum atomic E-state index is -1.30. The molecule has 0 radical (unpaired) electrons. The van der Waals surface area contributed by atoms with Gasteiger partial charge in [0, 0.05) is 18.5 Å². The van der Waals surface area contributed by atoms with Gasteiger partial charge in [-0.1, -0.05) is 35.0 Å². The van der Waals surface area contributed by atoms with Crippen LogP contribution in [0.5, 0.6) is 0 Å². The Bertz CT molecular complexity index is 781. The molecular formula is C19H21N3O3. The normalized spacial score (nSPS) is 11.6. The van der Waals surface area contributed by atoms with Crippen molar-refractivity contribution >= 4 is 11.7 Å². The minimum Gasteiger partial charge on any atom is -0.361 e. The summed E-state index contributed by atoms with van der Waals surface area (Å²) in [6.07, 6.45) is 0.502. The van der Waals surface area contributed by atoms with Gasteiger partial charge in [-0.2, -0.15) is 5.26 Å². The largest absolute Gasteiger partial charge is 0.361 e. The van der Waals surface area contributed by atoms with E-state index < -0.39 is 17.6 Å². The monoisotopic (exact) mass is 339 g/mol. The predicted molar refractivity (Wildman–Crippen MR) is 91.4 cm³/mol. The van der Waals surface area contributed by atoms with E-state index >= 15 is 0 Å². The molecule has 0 unspecified atom stereocenters. The zero-order valence-electron chi connectivity index (χ0n) is 14.6. The summed E-state index contributed by atoms with van der Waals surface area (Å²) in [5.41, 5.74) is 3.62. The minimum absolute atomic E-state index is 0.0963. The lowest BCUT2D eigenvalue weighted by atomic mass is 9.97. The van der Waals surface area contributed by atoms with Gasteiger partial charge in [0.2, 0.25) is 5.91 Å². The van der Waals surface area contributed by atoms with E-state index in [1.165, 1.54) is 0 Å². The summed E-state index contributed by atoms with van der Waals surface area (Å²) in [5.74, 6) is -1.61. The van der Waals surface area contributed by atoms with Crippen molar-refractivity contribution in [3.63, 3.8) is 0 Å². The van der Waals surface area contributed by atoms with Crippen LogP contribution >= 0.6 is 0 Å². The molecule has 6 nitrogen and oxygen atoms in total. The van der Waals surface area contributed by atoms with Crippen molar-refractivity contribution in [3.05, 3.63) is 52.4 Å². The van der Waals surface area contributed by atoms with E-state index in [1.807, 2.05) is 31.2 Å². The highest BCUT2D eigenvalue weighted by molar-refractivity contribution is 6.03. The van der Waals surface area contributed by atoms with Crippen LogP contribution in [0.2, 0.25) is 0 Å². The van der Waals surface area contributed by atoms with Crippen molar-refractivity contribution in [1.29, 1.82) is 5.26 Å². The standard InChI is InChI=1S/C19H21N3O3/c1-12-4-6-15(7-5-12)11-21-19(24)17(10-20)18(23)9-8-16-13(2)22-25-14(16)3/h4-7,17H,8-9,11H2,1-3H3,(H,21,24)/t17-/m0/s1. The number of amides is 1. The summed E-state index contributed by atoms with van der Waals surface area (Å²) in [5, 5.41) is 15.7. The molecule has 0 saturated carbocycles. The van der Waals surface area contributed by atoms with Gasteiger partial charge in [0.05, 0.1) is 11.8 Å². The van der Waals surface area contributed by atoms with Crippen LogP contribution in [0, 0.1) is 38.0 Å². The van der Waals surface area contributed by atoms with Gasteiger partial charge in [-0.15, -0.1) is 0 Å². The number of nitrogens with zero attached hydrogens (tertiary/aromatic N) is 2. The molecule has 0 aliphatic rings. The van der Waals surface area contributed by atoms with Gasteiger partial charge < -0.3 is 9.84 Å². The van der Waals surface area contributed by atoms with E-state index in [2.05, 4.69) is 10.5 Å². The van der Waals surface area contributed by atoms with Crippen molar-refractivity contribution in [2.75, 3.05) is 0 Å². The SMILES string of the molecule is Cc1ccc(CNC(=O)[C@@H](C#N)C(=O)CCc2c(C)noc2C)cc1. The number of aryl methyl sites for hydroxylation is 3. The third-order valence-corrected chi connectivity index (χ3v) is 4.10. The molecule has 0 aliphatic carbocycles. The van der Waals surface area contributed by atoms with Crippen LogP contribution < -0.4 is 5.32 Å². The molecule has 2 rings (SSSR count). The fourth-order valence-corrected chi connectivity index (χ4v) is 2.53. The highest BCUT2D eigenvalue weighted by atomic mass is 16.5. The van der Waals surface area contributed by atoms with Crippen molar-refractivity contribution in [3.8, 4) is 6.07 Å². The lowest BCUT2D eigenvalue weighted by molar-refractivity contribution is -0.131. The van der Waals surface area contributed by atoms with Crippen LogP contribution in [0.4, 0.5) is 0 Å². The van der Waals surface area contributed by atoms with Crippen LogP contribution in [0.25, 0.3) is 0 Å². The Kier molecular flexibility index (Phi) is 6.07. The maximum atomic E-state index is 12.3. The molecule has 6 heteroatoms. The lowest BCUT2D eigenvalue weighted by Gasteiger charge is -2.10. The fourth-order valence-electron chi connectivity index (χ4n) is 2.53. The first-order chi connectivity index (χ1) is 11.9. The number of nitriles is 1. The number of Topliss-reactive ketones (excluding diaryl/α,β-unsaturated/α-hetero) is 1. The predicted octanol–water partition coefficient (Wildman–Crippen LogP) is 2.56. The van der Waals surface area contributed by atoms with Crippen molar-refractivity contribution in [2.24, 2.45) is 5.92 Å². The number of hydrogen-bond donors (Lipinski definition) is 1. The molecule has 1 aromatic heterocycles. The average Bonchev–Trinajstić information content (AvgIpc) is 2.91. The average molecular weight is 339 g/mol. The molecule has 0 spiro atoms. The zero-order valence-corrected chi connectivity index (χ0v) is 14.6. The molecule has 0 aliphatic heterocycles. The van der Waals surface area contributed by atoms with E-state index in [1.54, 1.807) is 19.9 Å². The van der Waals surface area contributed by atoms with Crippen molar-refractivity contribution in [1.82, 2.24) is 10.5 Å². The highest BCUT2D eigenvalue weighted by Gasteiger charge is 2.26. The second-order valence-corrected chi connectivity index (χ2v) is 6.03. The number of benzene rings is 1. The number of carbonyl (C=O) groups excluding carboxylic acids is 2. The molecule has 0 bridgehead atoms. The van der Waals surface area contributed by atoms with Crippen molar-refractivity contribution in [2.45, 2.75) is 40.2 Å². The maximum Gasteiger partial charge on any atom is 0.245 e. The summed E-state index contributed by atoms with van der Waals surface area (Å²) in [6, 6.07) is 9.49. The number of rotatable bonds is 7. The summed E-state index contributed by atoms with van der Waals surface area (Å²) in [4.78, 5) is 24.4. The Morgan fingerprint density at radius 3 is 2.48 bits per heavy atom. The van der Waals surface area contributed by atoms with Gasteiger partial charge in [-0.3, -0.25) is 9.59 Å². The van der Waals surface area contributed by atoms with Crippen LogP contribution in [0.3, 0.4) is 0 Å². The number of ketones is 1. The van der Waals surface area contributed by atoms with E-state index in [-0.39, 0.29) is 13.0 Å². The van der Waals surface area contributed by atoms with Crippen LogP contribution in [-0.4, -0.2) is 16.8 Å². The van der Waals surface area contributed by atoms with Crippen LogP contribution in [0.1, 0.15) is 34.6 Å². The summed E-state index contributed by atoms with van der Waals surface area (Å²) >= 11 is 0. The molecule has 130 valence electrons. The molecule has 0 saturated heterocycles. The number of carbonyl (C=O) groups is 2. The van der Waals surface area contributed by atoms with Crippen LogP contribution in [-0.2, 0) is 22.6 Å². The van der Waals surface area contributed by atoms with Gasteiger partial charge in [-0.05, 0) is 32.8 Å². The molecular weight excluding hydrogens is 318 g/mol. The van der Waals surface area contributed by atoms with Gasteiger partial charge in [0.1, 0.15) is 5.76 Å². The summed E-state index contributed by atoms with van der Waals surface area (Å²) < 4.78 is 5.05. The van der Waals surface area contributed by atoms with Crippen LogP contribution in [0.15, 0.2) is 28.8 Å². The second kappa shape index (κ2) is 8.25. The first kappa shape index (κ1) is 18.4. The maximum absolute atomic E-state index is 12.3. The summed E-state index contributed by atoms with van der Waals surface area (Å²) in [6.45, 7) is 5.84. The third-order valence-electron chi connectivity index (χ3n) is 4.10. The smallest absolute Gasteiger partial charge is 0.245 e. The molecule has 1 aromatic carbocycles. The quantitative estimate of drug-likeness (QED) is 0.782. The van der Waals surface area contributed by atoms with E-state index in [9.17, 15) is 14.9 Å². The first-order valence-electron chi connectivity index (χ1n) is 8.09. The number of aromatic nitrogens is 1. The molecule has 0 fully saturated rings. The molecule has 1 heterocycles. The highest BCUT2D eigenvalue weighted by Crippen LogP contribution is 2.16. The Morgan fingerprint density at radius 1 is 1.24 bits per heavy atom. The van der Waals surface area contributed by atoms with Gasteiger partial charge in [-0.25, -0.2) is 0 Å². The first-order valence-corrected chi connectivity index (χ1v) is 8.09.